The van der Waals surface area contributed by atoms with Gasteiger partial charge in [0.1, 0.15) is 11.6 Å². The molecule has 0 radical (unpaired) electrons. The third-order valence-corrected chi connectivity index (χ3v) is 4.65. The highest BCUT2D eigenvalue weighted by Gasteiger charge is 2.13. The van der Waals surface area contributed by atoms with E-state index in [9.17, 15) is 0 Å². The minimum atomic E-state index is 0.664. The van der Waals surface area contributed by atoms with Gasteiger partial charge < -0.3 is 10.1 Å². The van der Waals surface area contributed by atoms with Gasteiger partial charge in [-0.05, 0) is 36.8 Å². The van der Waals surface area contributed by atoms with Crippen LogP contribution in [0.2, 0.25) is 0 Å². The highest BCUT2D eigenvalue weighted by Crippen LogP contribution is 2.25. The van der Waals surface area contributed by atoms with Gasteiger partial charge in [-0.1, -0.05) is 18.2 Å². The van der Waals surface area contributed by atoms with E-state index in [1.54, 1.807) is 13.3 Å². The first-order chi connectivity index (χ1) is 13.2. The molecule has 7 nitrogen and oxygen atoms in total. The van der Waals surface area contributed by atoms with Crippen LogP contribution in [0.15, 0.2) is 54.9 Å². The summed E-state index contributed by atoms with van der Waals surface area (Å²) in [5.41, 5.74) is 2.97. The Morgan fingerprint density at radius 2 is 2.00 bits per heavy atom. The van der Waals surface area contributed by atoms with Crippen LogP contribution in [0.25, 0.3) is 11.4 Å². The van der Waals surface area contributed by atoms with Gasteiger partial charge in [0.05, 0.1) is 24.9 Å². The number of anilines is 2. The Bertz CT molecular complexity index is 1030. The molecule has 0 amide bonds. The third-order valence-electron chi connectivity index (χ3n) is 4.02. The van der Waals surface area contributed by atoms with E-state index in [0.29, 0.717) is 17.5 Å². The number of aryl methyl sites for hydroxylation is 1. The van der Waals surface area contributed by atoms with E-state index in [0.717, 1.165) is 28.4 Å². The van der Waals surface area contributed by atoms with Gasteiger partial charge in [-0.2, -0.15) is 14.5 Å². The summed E-state index contributed by atoms with van der Waals surface area (Å²) in [5, 5.41) is 8.46. The summed E-state index contributed by atoms with van der Waals surface area (Å²) in [6, 6.07) is 13.6. The monoisotopic (exact) mass is 378 g/mol. The number of methoxy groups -OCH3 is 1. The number of hydrogen-bond donors (Lipinski definition) is 1. The number of nitrogens with zero attached hydrogens (tertiary/aromatic N) is 5. The number of rotatable bonds is 6. The second kappa shape index (κ2) is 7.55. The van der Waals surface area contributed by atoms with Crippen molar-refractivity contribution in [1.82, 2.24) is 24.1 Å². The van der Waals surface area contributed by atoms with E-state index in [1.165, 1.54) is 11.5 Å². The lowest BCUT2D eigenvalue weighted by Gasteiger charge is -2.03. The predicted molar refractivity (Wildman–Crippen MR) is 105 cm³/mol. The van der Waals surface area contributed by atoms with Gasteiger partial charge in [-0.25, -0.2) is 4.98 Å². The second-order valence-electron chi connectivity index (χ2n) is 5.94. The summed E-state index contributed by atoms with van der Waals surface area (Å²) in [6.45, 7) is 2.64. The van der Waals surface area contributed by atoms with Gasteiger partial charge in [0, 0.05) is 23.9 Å². The zero-order chi connectivity index (χ0) is 18.6. The third kappa shape index (κ3) is 3.95. The van der Waals surface area contributed by atoms with Crippen molar-refractivity contribution in [2.45, 2.75) is 13.5 Å². The Morgan fingerprint density at radius 3 is 2.74 bits per heavy atom. The maximum Gasteiger partial charge on any atom is 0.208 e. The molecule has 8 heteroatoms. The maximum absolute atomic E-state index is 5.20. The van der Waals surface area contributed by atoms with Crippen LogP contribution < -0.4 is 10.1 Å². The van der Waals surface area contributed by atoms with E-state index in [4.69, 9.17) is 4.74 Å². The molecule has 0 saturated carbocycles. The number of nitrogens with one attached hydrogen (secondary N) is 1. The minimum absolute atomic E-state index is 0.664. The molecule has 3 heterocycles. The van der Waals surface area contributed by atoms with Gasteiger partial charge in [-0.3, -0.25) is 4.68 Å². The van der Waals surface area contributed by atoms with Gasteiger partial charge in [-0.15, -0.1) is 0 Å². The lowest BCUT2D eigenvalue weighted by Crippen LogP contribution is -2.00. The molecule has 136 valence electrons. The van der Waals surface area contributed by atoms with E-state index in [2.05, 4.69) is 24.8 Å². The van der Waals surface area contributed by atoms with Crippen molar-refractivity contribution in [1.29, 1.82) is 0 Å². The molecule has 1 aromatic carbocycles. The summed E-state index contributed by atoms with van der Waals surface area (Å²) < 4.78 is 11.6. The first-order valence-electron chi connectivity index (χ1n) is 8.40. The molecule has 0 aliphatic carbocycles. The first-order valence-corrected chi connectivity index (χ1v) is 9.18. The lowest BCUT2D eigenvalue weighted by atomic mass is 10.2. The molecule has 4 aromatic rings. The van der Waals surface area contributed by atoms with Crippen LogP contribution in [-0.2, 0) is 6.54 Å². The predicted octanol–water partition coefficient (Wildman–Crippen LogP) is 3.91. The molecule has 0 fully saturated rings. The summed E-state index contributed by atoms with van der Waals surface area (Å²) in [5.74, 6) is 2.25. The number of benzene rings is 1. The molecule has 0 atom stereocenters. The molecular weight excluding hydrogens is 360 g/mol. The molecule has 0 bridgehead atoms. The van der Waals surface area contributed by atoms with Crippen molar-refractivity contribution in [3.8, 4) is 17.1 Å². The highest BCUT2D eigenvalue weighted by molar-refractivity contribution is 7.09. The average molecular weight is 378 g/mol. The first kappa shape index (κ1) is 17.2. The fraction of sp³-hybridized carbons (Fsp3) is 0.158. The van der Waals surface area contributed by atoms with Crippen molar-refractivity contribution in [3.05, 3.63) is 66.1 Å². The summed E-state index contributed by atoms with van der Waals surface area (Å²) in [6.07, 6.45) is 3.71. The Labute approximate surface area is 160 Å². The van der Waals surface area contributed by atoms with Crippen molar-refractivity contribution in [3.63, 3.8) is 0 Å². The molecule has 27 heavy (non-hydrogen) atoms. The Morgan fingerprint density at radius 1 is 1.15 bits per heavy atom. The van der Waals surface area contributed by atoms with Crippen LogP contribution in [0.1, 0.15) is 11.3 Å². The van der Waals surface area contributed by atoms with E-state index in [-0.39, 0.29) is 0 Å². The zero-order valence-electron chi connectivity index (χ0n) is 15.0. The van der Waals surface area contributed by atoms with Crippen molar-refractivity contribution in [2.75, 3.05) is 12.4 Å². The van der Waals surface area contributed by atoms with E-state index in [1.807, 2.05) is 60.3 Å². The Kier molecular flexibility index (Phi) is 4.80. The quantitative estimate of drug-likeness (QED) is 0.548. The molecule has 4 rings (SSSR count). The van der Waals surface area contributed by atoms with Crippen LogP contribution in [0.4, 0.5) is 10.9 Å². The standard InChI is InChI=1S/C19H18N6OS/c1-13-16(12-25(23-13)11-14-6-8-15(26-2)9-7-14)18-22-19(27-24-18)21-17-5-3-4-10-20-17/h3-10,12H,11H2,1-2H3,(H,20,21,22,24). The fourth-order valence-corrected chi connectivity index (χ4v) is 3.26. The van der Waals surface area contributed by atoms with Gasteiger partial charge in [0.15, 0.2) is 5.82 Å². The number of aromatic nitrogens is 5. The average Bonchev–Trinajstić information content (AvgIpc) is 3.29. The molecule has 0 unspecified atom stereocenters. The molecule has 0 saturated heterocycles. The number of ether oxygens (including phenoxy) is 1. The normalized spacial score (nSPS) is 10.7. The Hall–Kier alpha value is -3.26. The summed E-state index contributed by atoms with van der Waals surface area (Å²) in [4.78, 5) is 8.81. The Balaban J connectivity index is 1.51. The van der Waals surface area contributed by atoms with Crippen LogP contribution in [0, 0.1) is 6.92 Å². The second-order valence-corrected chi connectivity index (χ2v) is 6.69. The summed E-state index contributed by atoms with van der Waals surface area (Å²) in [7, 11) is 1.66. The molecular formula is C19H18N6OS. The molecule has 3 aromatic heterocycles. The van der Waals surface area contributed by atoms with Gasteiger partial charge >= 0.3 is 0 Å². The number of hydrogen-bond acceptors (Lipinski definition) is 7. The van der Waals surface area contributed by atoms with Gasteiger partial charge in [0.25, 0.3) is 0 Å². The smallest absolute Gasteiger partial charge is 0.208 e. The van der Waals surface area contributed by atoms with Crippen LogP contribution in [-0.4, -0.2) is 31.2 Å². The molecule has 0 aliphatic rings. The zero-order valence-corrected chi connectivity index (χ0v) is 15.8. The van der Waals surface area contributed by atoms with Gasteiger partial charge in [0.2, 0.25) is 5.13 Å². The van der Waals surface area contributed by atoms with Crippen molar-refractivity contribution < 1.29 is 4.74 Å². The maximum atomic E-state index is 5.20. The number of pyridine rings is 1. The fourth-order valence-electron chi connectivity index (χ4n) is 2.67. The largest absolute Gasteiger partial charge is 0.497 e. The van der Waals surface area contributed by atoms with Crippen LogP contribution in [0.5, 0.6) is 5.75 Å². The van der Waals surface area contributed by atoms with Crippen molar-refractivity contribution >= 4 is 22.5 Å². The highest BCUT2D eigenvalue weighted by atomic mass is 32.1. The van der Waals surface area contributed by atoms with Crippen LogP contribution >= 0.6 is 11.5 Å². The van der Waals surface area contributed by atoms with E-state index < -0.39 is 0 Å². The topological polar surface area (TPSA) is 77.8 Å². The minimum Gasteiger partial charge on any atom is -0.497 e. The van der Waals surface area contributed by atoms with Crippen LogP contribution in [0.3, 0.4) is 0 Å². The van der Waals surface area contributed by atoms with E-state index >= 15 is 0 Å². The van der Waals surface area contributed by atoms with Crippen molar-refractivity contribution in [2.24, 2.45) is 0 Å². The molecule has 0 spiro atoms. The molecule has 1 N–H and O–H groups in total. The lowest BCUT2D eigenvalue weighted by molar-refractivity contribution is 0.414. The SMILES string of the molecule is COc1ccc(Cn2cc(-c3nsc(Nc4ccccn4)n3)c(C)n2)cc1. The summed E-state index contributed by atoms with van der Waals surface area (Å²) >= 11 is 1.30. The molecule has 0 aliphatic heterocycles.